The van der Waals surface area contributed by atoms with Gasteiger partial charge in [-0.2, -0.15) is 5.10 Å². The number of carbonyl (C=O) groups is 1. The third-order valence-electron chi connectivity index (χ3n) is 7.01. The Kier molecular flexibility index (Phi) is 5.07. The highest BCUT2D eigenvalue weighted by Gasteiger charge is 2.28. The summed E-state index contributed by atoms with van der Waals surface area (Å²) >= 11 is 0. The first-order valence-corrected chi connectivity index (χ1v) is 12.0. The average Bonchev–Trinajstić information content (AvgIpc) is 3.54. The normalized spacial score (nSPS) is 17.1. The zero-order chi connectivity index (χ0) is 24.3. The Hall–Kier alpha value is -3.78. The Bertz CT molecular complexity index is 1460. The number of nitrogen functional groups attached to an aromatic ring is 1. The fraction of sp³-hybridized carbons (Fsp3) is 0.333. The van der Waals surface area contributed by atoms with Crippen LogP contribution in [-0.2, 0) is 24.9 Å². The summed E-state index contributed by atoms with van der Waals surface area (Å²) in [6.07, 6.45) is 5.87. The molecule has 35 heavy (non-hydrogen) atoms. The van der Waals surface area contributed by atoms with E-state index in [0.717, 1.165) is 44.7 Å². The second-order valence-electron chi connectivity index (χ2n) is 9.60. The lowest BCUT2D eigenvalue weighted by molar-refractivity contribution is 0.0801. The van der Waals surface area contributed by atoms with Crippen LogP contribution in [0.25, 0.3) is 10.9 Å². The highest BCUT2D eigenvalue weighted by atomic mass is 16.5. The van der Waals surface area contributed by atoms with Gasteiger partial charge >= 0.3 is 0 Å². The summed E-state index contributed by atoms with van der Waals surface area (Å²) in [6, 6.07) is 9.97. The quantitative estimate of drug-likeness (QED) is 0.461. The second-order valence-corrected chi connectivity index (χ2v) is 9.60. The highest BCUT2D eigenvalue weighted by Crippen LogP contribution is 2.39. The number of aromatic nitrogens is 4. The van der Waals surface area contributed by atoms with Gasteiger partial charge in [0.15, 0.2) is 0 Å². The fourth-order valence-corrected chi connectivity index (χ4v) is 5.02. The number of ether oxygens (including phenoxy) is 1. The minimum atomic E-state index is -0.111. The third-order valence-corrected chi connectivity index (χ3v) is 7.01. The van der Waals surface area contributed by atoms with Gasteiger partial charge in [-0.25, -0.2) is 4.98 Å². The van der Waals surface area contributed by atoms with Crippen molar-refractivity contribution in [2.24, 2.45) is 7.05 Å². The van der Waals surface area contributed by atoms with E-state index in [1.165, 1.54) is 12.8 Å². The van der Waals surface area contributed by atoms with Crippen LogP contribution in [-0.4, -0.2) is 25.7 Å². The largest absolute Gasteiger partial charge is 0.383 e. The van der Waals surface area contributed by atoms with Crippen LogP contribution in [0, 0.1) is 6.92 Å². The number of nitrogens with two attached hydrogens (primary N) is 1. The summed E-state index contributed by atoms with van der Waals surface area (Å²) in [5.74, 6) is 0.940. The molecule has 1 saturated carbocycles. The van der Waals surface area contributed by atoms with E-state index in [-0.39, 0.29) is 12.0 Å². The summed E-state index contributed by atoms with van der Waals surface area (Å²) in [5, 5.41) is 5.51. The van der Waals surface area contributed by atoms with Crippen molar-refractivity contribution in [1.29, 1.82) is 0 Å². The van der Waals surface area contributed by atoms with Crippen LogP contribution in [0.5, 0.6) is 0 Å². The van der Waals surface area contributed by atoms with Gasteiger partial charge < -0.3 is 15.4 Å². The molecule has 1 atom stereocenters. The number of nitrogens with zero attached hydrogens (tertiary/aromatic N) is 5. The predicted octanol–water partition coefficient (Wildman–Crippen LogP) is 4.57. The smallest absolute Gasteiger partial charge is 0.260 e. The number of carbonyl (C=O) groups excluding carboxylic acids is 1. The predicted molar refractivity (Wildman–Crippen MR) is 134 cm³/mol. The summed E-state index contributed by atoms with van der Waals surface area (Å²) < 4.78 is 7.53. The van der Waals surface area contributed by atoms with Crippen LogP contribution in [0.4, 0.5) is 11.5 Å². The van der Waals surface area contributed by atoms with E-state index in [2.05, 4.69) is 21.1 Å². The van der Waals surface area contributed by atoms with Gasteiger partial charge in [-0.1, -0.05) is 12.1 Å². The lowest BCUT2D eigenvalue weighted by atomic mass is 10.0. The summed E-state index contributed by atoms with van der Waals surface area (Å²) in [5.41, 5.74) is 13.3. The number of hydrogen-bond acceptors (Lipinski definition) is 6. The van der Waals surface area contributed by atoms with Crippen LogP contribution in [0.2, 0.25) is 0 Å². The molecule has 2 N–H and O–H groups in total. The number of fused-ring (bicyclic) bond motifs is 3. The molecule has 1 aromatic carbocycles. The van der Waals surface area contributed by atoms with E-state index in [4.69, 9.17) is 10.5 Å². The van der Waals surface area contributed by atoms with Crippen molar-refractivity contribution < 1.29 is 9.53 Å². The summed E-state index contributed by atoms with van der Waals surface area (Å²) in [7, 11) is 1.86. The van der Waals surface area contributed by atoms with Crippen LogP contribution < -0.4 is 10.6 Å². The Morgan fingerprint density at radius 2 is 2.09 bits per heavy atom. The minimum Gasteiger partial charge on any atom is -0.383 e. The van der Waals surface area contributed by atoms with Crippen molar-refractivity contribution in [1.82, 2.24) is 19.7 Å². The molecule has 8 nitrogen and oxygen atoms in total. The van der Waals surface area contributed by atoms with E-state index in [9.17, 15) is 4.79 Å². The molecule has 1 aliphatic carbocycles. The molecule has 0 saturated heterocycles. The van der Waals surface area contributed by atoms with Gasteiger partial charge in [-0.3, -0.25) is 14.5 Å². The number of pyridine rings is 2. The fourth-order valence-electron chi connectivity index (χ4n) is 5.02. The van der Waals surface area contributed by atoms with E-state index >= 15 is 0 Å². The molecule has 2 aliphatic rings. The molecule has 0 spiro atoms. The molecule has 8 heteroatoms. The van der Waals surface area contributed by atoms with Crippen molar-refractivity contribution >= 4 is 28.3 Å². The number of rotatable bonds is 5. The Morgan fingerprint density at radius 3 is 2.77 bits per heavy atom. The summed E-state index contributed by atoms with van der Waals surface area (Å²) in [4.78, 5) is 24.7. The maximum absolute atomic E-state index is 13.7. The molecule has 0 bridgehead atoms. The topological polar surface area (TPSA) is 99.2 Å². The average molecular weight is 469 g/mol. The SMILES string of the molecule is Cc1nn(C)cc1N(Cc1ccc2c3c(c(N)nc2c1)[C@H](C)OC3)C(=O)c1ccc(C2CC2)nc1. The first-order chi connectivity index (χ1) is 16.9. The molecule has 0 radical (unpaired) electrons. The van der Waals surface area contributed by atoms with Gasteiger partial charge in [-0.15, -0.1) is 0 Å². The van der Waals surface area contributed by atoms with Gasteiger partial charge in [0.2, 0.25) is 0 Å². The molecule has 1 amide bonds. The lowest BCUT2D eigenvalue weighted by Crippen LogP contribution is -2.31. The van der Waals surface area contributed by atoms with Crippen molar-refractivity contribution in [3.8, 4) is 0 Å². The van der Waals surface area contributed by atoms with Crippen LogP contribution >= 0.6 is 0 Å². The van der Waals surface area contributed by atoms with Crippen LogP contribution in [0.15, 0.2) is 42.7 Å². The second kappa shape index (κ2) is 8.16. The van der Waals surface area contributed by atoms with Crippen molar-refractivity contribution in [2.75, 3.05) is 10.6 Å². The van der Waals surface area contributed by atoms with Crippen molar-refractivity contribution in [2.45, 2.75) is 51.9 Å². The monoisotopic (exact) mass is 468 g/mol. The molecule has 4 aromatic rings. The Balaban J connectivity index is 1.37. The molecule has 0 unspecified atom stereocenters. The van der Waals surface area contributed by atoms with Gasteiger partial charge in [-0.05, 0) is 56.0 Å². The number of anilines is 2. The number of aryl methyl sites for hydroxylation is 2. The third kappa shape index (κ3) is 3.83. The minimum absolute atomic E-state index is 0.0526. The van der Waals surface area contributed by atoms with Crippen molar-refractivity contribution in [3.63, 3.8) is 0 Å². The van der Waals surface area contributed by atoms with Crippen LogP contribution in [0.1, 0.15) is 70.2 Å². The zero-order valence-corrected chi connectivity index (χ0v) is 20.2. The molecule has 1 aliphatic heterocycles. The van der Waals surface area contributed by atoms with Crippen molar-refractivity contribution in [3.05, 3.63) is 76.4 Å². The molecular weight excluding hydrogens is 440 g/mol. The molecule has 6 rings (SSSR count). The van der Waals surface area contributed by atoms with Crippen LogP contribution in [0.3, 0.4) is 0 Å². The summed E-state index contributed by atoms with van der Waals surface area (Å²) in [6.45, 7) is 4.81. The van der Waals surface area contributed by atoms with Gasteiger partial charge in [0.05, 0.1) is 41.7 Å². The Morgan fingerprint density at radius 1 is 1.26 bits per heavy atom. The maximum atomic E-state index is 13.7. The first-order valence-electron chi connectivity index (χ1n) is 12.0. The number of hydrogen-bond donors (Lipinski definition) is 1. The maximum Gasteiger partial charge on any atom is 0.260 e. The Labute approximate surface area is 203 Å². The van der Waals surface area contributed by atoms with Gasteiger partial charge in [0.25, 0.3) is 5.91 Å². The van der Waals surface area contributed by atoms with E-state index in [1.807, 2.05) is 51.4 Å². The number of benzene rings is 1. The lowest BCUT2D eigenvalue weighted by Gasteiger charge is -2.23. The number of amides is 1. The van der Waals surface area contributed by atoms with Gasteiger partial charge in [0.1, 0.15) is 5.82 Å². The van der Waals surface area contributed by atoms with Gasteiger partial charge in [0, 0.05) is 42.0 Å². The zero-order valence-electron chi connectivity index (χ0n) is 20.2. The first kappa shape index (κ1) is 21.7. The van der Waals surface area contributed by atoms with E-state index < -0.39 is 0 Å². The molecular formula is C27H28N6O2. The standard InChI is InChI=1S/C27H28N6O2/c1-15-24(13-32(3)31-15)33(27(34)19-7-9-22(29-11-19)18-5-6-18)12-17-4-8-20-21-14-35-16(2)25(21)26(28)30-23(20)10-17/h4,7-11,13,16,18H,5-6,12,14H2,1-3H3,(H2,28,30)/t16-/m0/s1. The molecule has 4 heterocycles. The van der Waals surface area contributed by atoms with E-state index in [0.29, 0.717) is 30.5 Å². The molecule has 178 valence electrons. The molecule has 1 fully saturated rings. The molecule has 3 aromatic heterocycles. The highest BCUT2D eigenvalue weighted by molar-refractivity contribution is 6.06. The van der Waals surface area contributed by atoms with E-state index in [1.54, 1.807) is 15.8 Å².